The standard InChI is InChI=1S/C13H17ClN2O2/c1-3-7-15-12(17)9(2)16-13(18)10-5-4-6-11(14)8-10/h4-6,8-9H,3,7H2,1-2H3,(H,15,17)(H,16,18)/t9-/m0/s1. The van der Waals surface area contributed by atoms with Gasteiger partial charge in [0.05, 0.1) is 0 Å². The maximum atomic E-state index is 11.8. The maximum Gasteiger partial charge on any atom is 0.251 e. The molecule has 0 radical (unpaired) electrons. The number of hydrogen-bond acceptors (Lipinski definition) is 2. The van der Waals surface area contributed by atoms with Crippen LogP contribution in [0.15, 0.2) is 24.3 Å². The van der Waals surface area contributed by atoms with Gasteiger partial charge in [0, 0.05) is 17.1 Å². The Morgan fingerprint density at radius 2 is 2.11 bits per heavy atom. The zero-order valence-electron chi connectivity index (χ0n) is 10.5. The van der Waals surface area contributed by atoms with Gasteiger partial charge in [0.15, 0.2) is 0 Å². The molecule has 0 aliphatic heterocycles. The molecular formula is C13H17ClN2O2. The first-order valence-corrected chi connectivity index (χ1v) is 6.26. The minimum absolute atomic E-state index is 0.188. The summed E-state index contributed by atoms with van der Waals surface area (Å²) < 4.78 is 0. The highest BCUT2D eigenvalue weighted by atomic mass is 35.5. The van der Waals surface area contributed by atoms with Crippen molar-refractivity contribution in [2.75, 3.05) is 6.54 Å². The van der Waals surface area contributed by atoms with Crippen LogP contribution in [0.1, 0.15) is 30.6 Å². The number of benzene rings is 1. The van der Waals surface area contributed by atoms with Gasteiger partial charge in [-0.1, -0.05) is 24.6 Å². The molecular weight excluding hydrogens is 252 g/mol. The first kappa shape index (κ1) is 14.5. The average molecular weight is 269 g/mol. The molecule has 18 heavy (non-hydrogen) atoms. The molecule has 0 heterocycles. The number of amides is 2. The second-order valence-electron chi connectivity index (χ2n) is 4.00. The molecule has 4 nitrogen and oxygen atoms in total. The van der Waals surface area contributed by atoms with E-state index in [0.717, 1.165) is 6.42 Å². The number of hydrogen-bond donors (Lipinski definition) is 2. The predicted octanol–water partition coefficient (Wildman–Crippen LogP) is 1.98. The molecule has 1 aromatic carbocycles. The van der Waals surface area contributed by atoms with Crippen molar-refractivity contribution in [2.45, 2.75) is 26.3 Å². The van der Waals surface area contributed by atoms with Crippen molar-refractivity contribution in [3.8, 4) is 0 Å². The molecule has 5 heteroatoms. The number of rotatable bonds is 5. The third kappa shape index (κ3) is 4.37. The summed E-state index contributed by atoms with van der Waals surface area (Å²) in [6.07, 6.45) is 0.862. The molecule has 1 rings (SSSR count). The largest absolute Gasteiger partial charge is 0.354 e. The van der Waals surface area contributed by atoms with E-state index in [-0.39, 0.29) is 11.8 Å². The quantitative estimate of drug-likeness (QED) is 0.858. The van der Waals surface area contributed by atoms with Crippen molar-refractivity contribution in [1.82, 2.24) is 10.6 Å². The Morgan fingerprint density at radius 1 is 1.39 bits per heavy atom. The van der Waals surface area contributed by atoms with Gasteiger partial charge in [0.2, 0.25) is 5.91 Å². The lowest BCUT2D eigenvalue weighted by molar-refractivity contribution is -0.122. The SMILES string of the molecule is CCCNC(=O)[C@H](C)NC(=O)c1cccc(Cl)c1. The molecule has 0 aromatic heterocycles. The van der Waals surface area contributed by atoms with E-state index in [2.05, 4.69) is 10.6 Å². The zero-order valence-corrected chi connectivity index (χ0v) is 11.3. The molecule has 98 valence electrons. The van der Waals surface area contributed by atoms with Crippen LogP contribution < -0.4 is 10.6 Å². The third-order valence-corrected chi connectivity index (χ3v) is 2.61. The van der Waals surface area contributed by atoms with Crippen LogP contribution in [0.4, 0.5) is 0 Å². The highest BCUT2D eigenvalue weighted by Crippen LogP contribution is 2.10. The molecule has 0 bridgehead atoms. The summed E-state index contributed by atoms with van der Waals surface area (Å²) in [5, 5.41) is 5.83. The van der Waals surface area contributed by atoms with Crippen LogP contribution in [-0.4, -0.2) is 24.4 Å². The highest BCUT2D eigenvalue weighted by molar-refractivity contribution is 6.30. The van der Waals surface area contributed by atoms with Gasteiger partial charge in [-0.2, -0.15) is 0 Å². The van der Waals surface area contributed by atoms with E-state index in [0.29, 0.717) is 17.1 Å². The van der Waals surface area contributed by atoms with Crippen LogP contribution in [-0.2, 0) is 4.79 Å². The van der Waals surface area contributed by atoms with Gasteiger partial charge in [0.1, 0.15) is 6.04 Å². The Labute approximate surface area is 112 Å². The first-order chi connectivity index (χ1) is 8.54. The fraction of sp³-hybridized carbons (Fsp3) is 0.385. The lowest BCUT2D eigenvalue weighted by Crippen LogP contribution is -2.44. The van der Waals surface area contributed by atoms with E-state index in [1.807, 2.05) is 6.92 Å². The second-order valence-corrected chi connectivity index (χ2v) is 4.43. The summed E-state index contributed by atoms with van der Waals surface area (Å²) in [6, 6.07) is 6.03. The minimum Gasteiger partial charge on any atom is -0.354 e. The first-order valence-electron chi connectivity index (χ1n) is 5.88. The van der Waals surface area contributed by atoms with Gasteiger partial charge < -0.3 is 10.6 Å². The molecule has 0 fully saturated rings. The fourth-order valence-corrected chi connectivity index (χ4v) is 1.57. The van der Waals surface area contributed by atoms with Gasteiger partial charge in [-0.25, -0.2) is 0 Å². The number of carbonyl (C=O) groups is 2. The summed E-state index contributed by atoms with van der Waals surface area (Å²) in [5.41, 5.74) is 0.442. The van der Waals surface area contributed by atoms with Crippen molar-refractivity contribution >= 4 is 23.4 Å². The van der Waals surface area contributed by atoms with Crippen molar-refractivity contribution in [2.24, 2.45) is 0 Å². The second kappa shape index (κ2) is 7.01. The van der Waals surface area contributed by atoms with Gasteiger partial charge in [-0.15, -0.1) is 0 Å². The summed E-state index contributed by atoms with van der Waals surface area (Å²) >= 11 is 5.80. The Hall–Kier alpha value is -1.55. The van der Waals surface area contributed by atoms with Crippen LogP contribution in [0, 0.1) is 0 Å². The number of halogens is 1. The maximum absolute atomic E-state index is 11.8. The lowest BCUT2D eigenvalue weighted by atomic mass is 10.2. The Bertz CT molecular complexity index is 435. The smallest absolute Gasteiger partial charge is 0.251 e. The highest BCUT2D eigenvalue weighted by Gasteiger charge is 2.15. The van der Waals surface area contributed by atoms with E-state index in [4.69, 9.17) is 11.6 Å². The van der Waals surface area contributed by atoms with E-state index >= 15 is 0 Å². The molecule has 2 N–H and O–H groups in total. The van der Waals surface area contributed by atoms with Crippen LogP contribution in [0.25, 0.3) is 0 Å². The van der Waals surface area contributed by atoms with Crippen molar-refractivity contribution in [3.63, 3.8) is 0 Å². The molecule has 0 saturated carbocycles. The number of nitrogens with one attached hydrogen (secondary N) is 2. The molecule has 0 saturated heterocycles. The fourth-order valence-electron chi connectivity index (χ4n) is 1.38. The van der Waals surface area contributed by atoms with Crippen LogP contribution in [0.5, 0.6) is 0 Å². The summed E-state index contributed by atoms with van der Waals surface area (Å²) in [4.78, 5) is 23.4. The Kier molecular flexibility index (Phi) is 5.65. The van der Waals surface area contributed by atoms with Crippen LogP contribution in [0.3, 0.4) is 0 Å². The molecule has 0 unspecified atom stereocenters. The van der Waals surface area contributed by atoms with Gasteiger partial charge in [-0.3, -0.25) is 9.59 Å². The van der Waals surface area contributed by atoms with Crippen LogP contribution >= 0.6 is 11.6 Å². The average Bonchev–Trinajstić information content (AvgIpc) is 2.35. The molecule has 0 aliphatic rings. The monoisotopic (exact) mass is 268 g/mol. The van der Waals surface area contributed by atoms with Crippen molar-refractivity contribution in [3.05, 3.63) is 34.9 Å². The lowest BCUT2D eigenvalue weighted by Gasteiger charge is -2.13. The Balaban J connectivity index is 2.56. The summed E-state index contributed by atoms with van der Waals surface area (Å²) in [5.74, 6) is -0.496. The number of carbonyl (C=O) groups excluding carboxylic acids is 2. The molecule has 0 aliphatic carbocycles. The topological polar surface area (TPSA) is 58.2 Å². The van der Waals surface area contributed by atoms with E-state index in [9.17, 15) is 9.59 Å². The van der Waals surface area contributed by atoms with Gasteiger partial charge in [0.25, 0.3) is 5.91 Å². The van der Waals surface area contributed by atoms with E-state index < -0.39 is 6.04 Å². The zero-order chi connectivity index (χ0) is 13.5. The van der Waals surface area contributed by atoms with Gasteiger partial charge in [-0.05, 0) is 31.5 Å². The summed E-state index contributed by atoms with van der Waals surface area (Å²) in [6.45, 7) is 4.22. The third-order valence-electron chi connectivity index (χ3n) is 2.38. The van der Waals surface area contributed by atoms with Crippen LogP contribution in [0.2, 0.25) is 5.02 Å². The van der Waals surface area contributed by atoms with E-state index in [1.165, 1.54) is 0 Å². The van der Waals surface area contributed by atoms with Crippen molar-refractivity contribution in [1.29, 1.82) is 0 Å². The molecule has 2 amide bonds. The predicted molar refractivity (Wildman–Crippen MR) is 71.7 cm³/mol. The molecule has 1 atom stereocenters. The van der Waals surface area contributed by atoms with Gasteiger partial charge >= 0.3 is 0 Å². The molecule has 0 spiro atoms. The van der Waals surface area contributed by atoms with Crippen molar-refractivity contribution < 1.29 is 9.59 Å². The molecule has 1 aromatic rings. The normalized spacial score (nSPS) is 11.7. The summed E-state index contributed by atoms with van der Waals surface area (Å²) in [7, 11) is 0. The van der Waals surface area contributed by atoms with E-state index in [1.54, 1.807) is 31.2 Å². The Morgan fingerprint density at radius 3 is 2.72 bits per heavy atom. The minimum atomic E-state index is -0.567.